The highest BCUT2D eigenvalue weighted by atomic mass is 79.9. The Bertz CT molecular complexity index is 793. The number of halogens is 2. The molecular weight excluding hydrogens is 388 g/mol. The van der Waals surface area contributed by atoms with Crippen molar-refractivity contribution in [2.45, 2.75) is 4.90 Å². The summed E-state index contributed by atoms with van der Waals surface area (Å²) in [4.78, 5) is 2.37. The Morgan fingerprint density at radius 3 is 2.13 bits per heavy atom. The van der Waals surface area contributed by atoms with Crippen LogP contribution in [0.25, 0.3) is 11.0 Å². The quantitative estimate of drug-likeness (QED) is 0.324. The minimum atomic E-state index is 0.757. The summed E-state index contributed by atoms with van der Waals surface area (Å²) in [7, 11) is 0. The number of benzene rings is 3. The van der Waals surface area contributed by atoms with Crippen molar-refractivity contribution in [3.63, 3.8) is 0 Å². The van der Waals surface area contributed by atoms with Crippen molar-refractivity contribution in [3.8, 4) is 0 Å². The molecule has 0 aliphatic carbocycles. The fraction of sp³-hybridized carbons (Fsp3) is 0. The lowest BCUT2D eigenvalue weighted by atomic mass is 10.1. The first-order valence-electron chi connectivity index (χ1n) is 7.17. The molecule has 0 bridgehead atoms. The Morgan fingerprint density at radius 2 is 1.48 bits per heavy atom. The van der Waals surface area contributed by atoms with Gasteiger partial charge in [-0.25, -0.2) is 0 Å². The molecule has 0 aromatic heterocycles. The lowest BCUT2D eigenvalue weighted by Crippen LogP contribution is -1.82. The van der Waals surface area contributed by atoms with Crippen LogP contribution in [0.4, 0.5) is 0 Å². The van der Waals surface area contributed by atoms with E-state index in [1.54, 1.807) is 11.8 Å². The summed E-state index contributed by atoms with van der Waals surface area (Å²) in [6.07, 6.45) is 2.21. The van der Waals surface area contributed by atoms with E-state index >= 15 is 0 Å². The average Bonchev–Trinajstić information content (AvgIpc) is 2.59. The van der Waals surface area contributed by atoms with Crippen LogP contribution < -0.4 is 0 Å². The predicted octanol–water partition coefficient (Wildman–Crippen LogP) is 7.39. The summed E-state index contributed by atoms with van der Waals surface area (Å²) in [5.74, 6) is 0. The molecule has 0 heterocycles. The van der Waals surface area contributed by atoms with E-state index in [2.05, 4.69) is 70.5 Å². The summed E-state index contributed by atoms with van der Waals surface area (Å²) >= 11 is 11.2. The topological polar surface area (TPSA) is 0 Å². The summed E-state index contributed by atoms with van der Waals surface area (Å²) in [5, 5.41) is 0.757. The highest BCUT2D eigenvalue weighted by Gasteiger charge is 2.05. The van der Waals surface area contributed by atoms with Gasteiger partial charge in [0.1, 0.15) is 0 Å². The summed E-state index contributed by atoms with van der Waals surface area (Å²) in [5.41, 5.74) is 2.38. The largest absolute Gasteiger partial charge is 0.0894 e. The standard InChI is InChI=1S/C20H14BrClS/c21-17-8-6-15(7-9-17)14-20(16-4-2-1-3-5-16)23-19-12-10-18(22)11-13-19/h1-14H/b20-14-. The maximum atomic E-state index is 5.98. The minimum absolute atomic E-state index is 0.757. The number of rotatable bonds is 4. The van der Waals surface area contributed by atoms with Crippen molar-refractivity contribution < 1.29 is 0 Å². The van der Waals surface area contributed by atoms with Crippen molar-refractivity contribution in [2.24, 2.45) is 0 Å². The zero-order chi connectivity index (χ0) is 16.1. The lowest BCUT2D eigenvalue weighted by Gasteiger charge is -2.08. The van der Waals surface area contributed by atoms with Gasteiger partial charge in [-0.1, -0.05) is 81.8 Å². The van der Waals surface area contributed by atoms with Gasteiger partial charge in [-0.3, -0.25) is 0 Å². The van der Waals surface area contributed by atoms with Gasteiger partial charge in [0.05, 0.1) is 0 Å². The molecule has 0 aliphatic heterocycles. The van der Waals surface area contributed by atoms with Crippen molar-refractivity contribution in [1.82, 2.24) is 0 Å². The van der Waals surface area contributed by atoms with E-state index in [1.807, 2.05) is 30.3 Å². The van der Waals surface area contributed by atoms with Crippen LogP contribution in [0.3, 0.4) is 0 Å². The first-order valence-corrected chi connectivity index (χ1v) is 9.15. The SMILES string of the molecule is Clc1ccc(S/C(=C\c2ccc(Br)cc2)c2ccccc2)cc1. The van der Waals surface area contributed by atoms with Gasteiger partial charge in [-0.05, 0) is 53.6 Å². The van der Waals surface area contributed by atoms with Gasteiger partial charge in [0, 0.05) is 19.3 Å². The van der Waals surface area contributed by atoms with Crippen LogP contribution in [0.5, 0.6) is 0 Å². The Labute approximate surface area is 154 Å². The molecule has 0 atom stereocenters. The van der Waals surface area contributed by atoms with Gasteiger partial charge in [-0.2, -0.15) is 0 Å². The molecule has 0 nitrogen and oxygen atoms in total. The highest BCUT2D eigenvalue weighted by molar-refractivity contribution is 9.10. The molecule has 0 saturated heterocycles. The fourth-order valence-electron chi connectivity index (χ4n) is 2.11. The zero-order valence-electron chi connectivity index (χ0n) is 12.2. The molecule has 0 aliphatic rings. The van der Waals surface area contributed by atoms with Gasteiger partial charge >= 0.3 is 0 Å². The first kappa shape index (κ1) is 16.4. The molecule has 0 spiro atoms. The van der Waals surface area contributed by atoms with Gasteiger partial charge in [0.15, 0.2) is 0 Å². The predicted molar refractivity (Wildman–Crippen MR) is 106 cm³/mol. The van der Waals surface area contributed by atoms with Crippen LogP contribution in [0.2, 0.25) is 5.02 Å². The number of hydrogen-bond acceptors (Lipinski definition) is 1. The van der Waals surface area contributed by atoms with Crippen molar-refractivity contribution in [1.29, 1.82) is 0 Å². The normalized spacial score (nSPS) is 11.5. The third-order valence-corrected chi connectivity index (χ3v) is 5.13. The van der Waals surface area contributed by atoms with E-state index in [-0.39, 0.29) is 0 Å². The summed E-state index contributed by atoms with van der Waals surface area (Å²) in [6, 6.07) is 26.7. The van der Waals surface area contributed by atoms with Gasteiger partial charge < -0.3 is 0 Å². The minimum Gasteiger partial charge on any atom is -0.0894 e. The Kier molecular flexibility index (Phi) is 5.60. The molecule has 0 radical (unpaired) electrons. The highest BCUT2D eigenvalue weighted by Crippen LogP contribution is 2.36. The van der Waals surface area contributed by atoms with Crippen LogP contribution in [-0.4, -0.2) is 0 Å². The molecule has 3 heteroatoms. The smallest absolute Gasteiger partial charge is 0.0406 e. The second kappa shape index (κ2) is 7.87. The van der Waals surface area contributed by atoms with E-state index in [4.69, 9.17) is 11.6 Å². The first-order chi connectivity index (χ1) is 11.2. The molecule has 0 unspecified atom stereocenters. The Balaban J connectivity index is 1.96. The molecule has 0 amide bonds. The molecule has 0 N–H and O–H groups in total. The second-order valence-electron chi connectivity index (χ2n) is 4.98. The van der Waals surface area contributed by atoms with Crippen molar-refractivity contribution in [3.05, 3.63) is 99.5 Å². The maximum absolute atomic E-state index is 5.98. The molecule has 0 fully saturated rings. The molecule has 114 valence electrons. The zero-order valence-corrected chi connectivity index (χ0v) is 15.4. The van der Waals surface area contributed by atoms with Crippen LogP contribution in [0, 0.1) is 0 Å². The van der Waals surface area contributed by atoms with E-state index in [1.165, 1.54) is 20.9 Å². The van der Waals surface area contributed by atoms with E-state index in [0.717, 1.165) is 9.50 Å². The van der Waals surface area contributed by atoms with Crippen LogP contribution in [0.15, 0.2) is 88.2 Å². The van der Waals surface area contributed by atoms with E-state index < -0.39 is 0 Å². The van der Waals surface area contributed by atoms with Crippen LogP contribution >= 0.6 is 39.3 Å². The van der Waals surface area contributed by atoms with E-state index in [9.17, 15) is 0 Å². The third kappa shape index (κ3) is 4.74. The lowest BCUT2D eigenvalue weighted by molar-refractivity contribution is 1.47. The van der Waals surface area contributed by atoms with Crippen LogP contribution in [0.1, 0.15) is 11.1 Å². The van der Waals surface area contributed by atoms with Crippen LogP contribution in [-0.2, 0) is 0 Å². The molecule has 3 aromatic carbocycles. The number of thioether (sulfide) groups is 1. The third-order valence-electron chi connectivity index (χ3n) is 3.27. The molecule has 0 saturated carbocycles. The van der Waals surface area contributed by atoms with Gasteiger partial charge in [-0.15, -0.1) is 0 Å². The number of hydrogen-bond donors (Lipinski definition) is 0. The molecule has 3 rings (SSSR count). The summed E-state index contributed by atoms with van der Waals surface area (Å²) in [6.45, 7) is 0. The average molecular weight is 402 g/mol. The van der Waals surface area contributed by atoms with Crippen molar-refractivity contribution >= 4 is 50.3 Å². The van der Waals surface area contributed by atoms with Crippen molar-refractivity contribution in [2.75, 3.05) is 0 Å². The van der Waals surface area contributed by atoms with E-state index in [0.29, 0.717) is 0 Å². The second-order valence-corrected chi connectivity index (χ2v) is 7.45. The van der Waals surface area contributed by atoms with Gasteiger partial charge in [0.2, 0.25) is 0 Å². The monoisotopic (exact) mass is 400 g/mol. The Morgan fingerprint density at radius 1 is 0.826 bits per heavy atom. The van der Waals surface area contributed by atoms with Gasteiger partial charge in [0.25, 0.3) is 0 Å². The Hall–Kier alpha value is -1.48. The molecule has 23 heavy (non-hydrogen) atoms. The molecule has 3 aromatic rings. The molecular formula is C20H14BrClS. The summed E-state index contributed by atoms with van der Waals surface area (Å²) < 4.78 is 1.08. The maximum Gasteiger partial charge on any atom is 0.0406 e. The fourth-order valence-corrected chi connectivity index (χ4v) is 3.48.